The SMILES string of the molecule is CCCCCCCCCCCCCCCCCC[SiH](C)C.Cc1ccccc1.Cl. The van der Waals surface area contributed by atoms with Gasteiger partial charge >= 0.3 is 0 Å². The molecule has 0 aliphatic heterocycles. The summed E-state index contributed by atoms with van der Waals surface area (Å²) in [5.41, 5.74) is 1.32. The Morgan fingerprint density at radius 2 is 0.897 bits per heavy atom. The van der Waals surface area contributed by atoms with E-state index < -0.39 is 0 Å². The fraction of sp³-hybridized carbons (Fsp3) is 0.778. The van der Waals surface area contributed by atoms with Gasteiger partial charge in [-0.2, -0.15) is 0 Å². The van der Waals surface area contributed by atoms with Gasteiger partial charge in [0.05, 0.1) is 0 Å². The van der Waals surface area contributed by atoms with Crippen molar-refractivity contribution in [3.8, 4) is 0 Å². The molecule has 29 heavy (non-hydrogen) atoms. The largest absolute Gasteiger partial charge is 0.147 e. The van der Waals surface area contributed by atoms with E-state index in [1.165, 1.54) is 108 Å². The molecule has 0 saturated carbocycles. The highest BCUT2D eigenvalue weighted by Crippen LogP contribution is 2.14. The molecule has 0 saturated heterocycles. The standard InChI is InChI=1S/C20H44Si.C7H8.ClH/c1-4-5-6-7-8-9-10-11-12-13-14-15-16-17-18-19-20-21(2)3;1-7-5-3-2-4-6-7;/h21H,4-20H2,1-3H3;2-6H,1H3;1H. The topological polar surface area (TPSA) is 0 Å². The summed E-state index contributed by atoms with van der Waals surface area (Å²) in [5.74, 6) is 0. The number of halogens is 1. The van der Waals surface area contributed by atoms with Crippen LogP contribution in [0, 0.1) is 6.92 Å². The van der Waals surface area contributed by atoms with Crippen molar-refractivity contribution in [2.45, 2.75) is 136 Å². The lowest BCUT2D eigenvalue weighted by Crippen LogP contribution is -1.97. The first-order valence-corrected chi connectivity index (χ1v) is 15.8. The maximum absolute atomic E-state index is 2.48. The lowest BCUT2D eigenvalue weighted by Gasteiger charge is -2.04. The molecule has 1 aromatic carbocycles. The predicted molar refractivity (Wildman–Crippen MR) is 142 cm³/mol. The molecule has 0 heterocycles. The molecule has 0 N–H and O–H groups in total. The highest BCUT2D eigenvalue weighted by molar-refractivity contribution is 6.55. The molecule has 0 fully saturated rings. The van der Waals surface area contributed by atoms with Crippen molar-refractivity contribution in [2.24, 2.45) is 0 Å². The number of benzene rings is 1. The Balaban J connectivity index is 0. The lowest BCUT2D eigenvalue weighted by molar-refractivity contribution is 0.531. The van der Waals surface area contributed by atoms with Gasteiger partial charge in [-0.3, -0.25) is 0 Å². The molecule has 1 rings (SSSR count). The van der Waals surface area contributed by atoms with Crippen molar-refractivity contribution in [3.05, 3.63) is 35.9 Å². The molecule has 0 atom stereocenters. The Hall–Kier alpha value is -0.273. The Bertz CT molecular complexity index is 391. The van der Waals surface area contributed by atoms with E-state index >= 15 is 0 Å². The summed E-state index contributed by atoms with van der Waals surface area (Å²) in [7, 11) is -0.263. The molecule has 0 bridgehead atoms. The zero-order valence-electron chi connectivity index (χ0n) is 20.4. The van der Waals surface area contributed by atoms with Gasteiger partial charge in [0.15, 0.2) is 0 Å². The van der Waals surface area contributed by atoms with Crippen molar-refractivity contribution < 1.29 is 0 Å². The zero-order valence-corrected chi connectivity index (χ0v) is 22.4. The first-order valence-electron chi connectivity index (χ1n) is 12.7. The first-order chi connectivity index (χ1) is 13.7. The van der Waals surface area contributed by atoms with Crippen LogP contribution in [0.5, 0.6) is 0 Å². The maximum Gasteiger partial charge on any atom is 0.0305 e. The third kappa shape index (κ3) is 27.7. The highest BCUT2D eigenvalue weighted by Gasteiger charge is 1.96. The molecule has 0 nitrogen and oxygen atoms in total. The van der Waals surface area contributed by atoms with Gasteiger partial charge in [-0.15, -0.1) is 12.4 Å². The third-order valence-electron chi connectivity index (χ3n) is 5.58. The average molecular weight is 441 g/mol. The molecule has 0 radical (unpaired) electrons. The van der Waals surface area contributed by atoms with Gasteiger partial charge in [-0.05, 0) is 6.92 Å². The van der Waals surface area contributed by atoms with Crippen LogP contribution in [-0.4, -0.2) is 8.80 Å². The van der Waals surface area contributed by atoms with E-state index in [1.807, 2.05) is 18.2 Å². The molecular formula is C27H53ClSi. The van der Waals surface area contributed by atoms with Crippen LogP contribution >= 0.6 is 12.4 Å². The first kappa shape index (κ1) is 30.9. The van der Waals surface area contributed by atoms with Crippen LogP contribution < -0.4 is 0 Å². The van der Waals surface area contributed by atoms with Gasteiger partial charge < -0.3 is 0 Å². The molecule has 0 aliphatic rings. The number of aryl methyl sites for hydroxylation is 1. The van der Waals surface area contributed by atoms with Crippen molar-refractivity contribution in [1.29, 1.82) is 0 Å². The Morgan fingerprint density at radius 1 is 0.552 bits per heavy atom. The number of hydrogen-bond acceptors (Lipinski definition) is 0. The van der Waals surface area contributed by atoms with Gasteiger partial charge in [-0.25, -0.2) is 0 Å². The third-order valence-corrected chi connectivity index (χ3v) is 7.14. The summed E-state index contributed by atoms with van der Waals surface area (Å²) < 4.78 is 0. The number of hydrogen-bond donors (Lipinski definition) is 0. The monoisotopic (exact) mass is 440 g/mol. The fourth-order valence-electron chi connectivity index (χ4n) is 3.64. The summed E-state index contributed by atoms with van der Waals surface area (Å²) in [4.78, 5) is 0. The second-order valence-electron chi connectivity index (χ2n) is 9.14. The van der Waals surface area contributed by atoms with Gasteiger partial charge in [0.1, 0.15) is 0 Å². The van der Waals surface area contributed by atoms with Crippen molar-refractivity contribution in [2.75, 3.05) is 0 Å². The molecule has 0 unspecified atom stereocenters. The summed E-state index contributed by atoms with van der Waals surface area (Å²) in [6.45, 7) is 9.34. The average Bonchev–Trinajstić information content (AvgIpc) is 2.68. The molecule has 0 aromatic heterocycles. The van der Waals surface area contributed by atoms with Crippen LogP contribution in [0.25, 0.3) is 0 Å². The van der Waals surface area contributed by atoms with E-state index in [2.05, 4.69) is 39.1 Å². The van der Waals surface area contributed by atoms with Crippen LogP contribution in [0.4, 0.5) is 0 Å². The zero-order chi connectivity index (χ0) is 20.7. The molecule has 0 amide bonds. The van der Waals surface area contributed by atoms with Crippen molar-refractivity contribution >= 4 is 21.2 Å². The maximum atomic E-state index is 2.48. The van der Waals surface area contributed by atoms with E-state index in [0.29, 0.717) is 0 Å². The normalized spacial score (nSPS) is 10.4. The molecule has 2 heteroatoms. The van der Waals surface area contributed by atoms with Crippen LogP contribution in [0.15, 0.2) is 30.3 Å². The summed E-state index contributed by atoms with van der Waals surface area (Å²) in [6.07, 6.45) is 23.7. The van der Waals surface area contributed by atoms with Gasteiger partial charge in [0, 0.05) is 8.80 Å². The summed E-state index contributed by atoms with van der Waals surface area (Å²) in [6, 6.07) is 11.8. The van der Waals surface area contributed by atoms with Crippen LogP contribution in [0.2, 0.25) is 19.1 Å². The fourth-order valence-corrected chi connectivity index (χ4v) is 4.74. The smallest absolute Gasteiger partial charge is 0.0305 e. The van der Waals surface area contributed by atoms with E-state index in [0.717, 1.165) is 0 Å². The Labute approximate surface area is 192 Å². The van der Waals surface area contributed by atoms with Crippen LogP contribution in [0.1, 0.15) is 115 Å². The van der Waals surface area contributed by atoms with Gasteiger partial charge in [0.2, 0.25) is 0 Å². The van der Waals surface area contributed by atoms with Crippen LogP contribution in [-0.2, 0) is 0 Å². The highest BCUT2D eigenvalue weighted by atomic mass is 35.5. The minimum absolute atomic E-state index is 0. The number of unbranched alkanes of at least 4 members (excludes halogenated alkanes) is 15. The van der Waals surface area contributed by atoms with E-state index in [1.54, 1.807) is 6.04 Å². The minimum atomic E-state index is -0.263. The Kier molecular flexibility index (Phi) is 27.5. The number of rotatable bonds is 17. The minimum Gasteiger partial charge on any atom is -0.147 e. The summed E-state index contributed by atoms with van der Waals surface area (Å²) >= 11 is 0. The second kappa shape index (κ2) is 25.8. The predicted octanol–water partition coefficient (Wildman–Crippen LogP) is 10.2. The molecule has 172 valence electrons. The van der Waals surface area contributed by atoms with Crippen molar-refractivity contribution in [1.82, 2.24) is 0 Å². The molecule has 0 spiro atoms. The summed E-state index contributed by atoms with van der Waals surface area (Å²) in [5, 5.41) is 0. The molecule has 1 aromatic rings. The molecule has 0 aliphatic carbocycles. The molecular weight excluding hydrogens is 388 g/mol. The van der Waals surface area contributed by atoms with E-state index in [9.17, 15) is 0 Å². The van der Waals surface area contributed by atoms with E-state index in [4.69, 9.17) is 0 Å². The quantitative estimate of drug-likeness (QED) is 0.167. The second-order valence-corrected chi connectivity index (χ2v) is 12.5. The Morgan fingerprint density at radius 3 is 1.17 bits per heavy atom. The van der Waals surface area contributed by atoms with Crippen molar-refractivity contribution in [3.63, 3.8) is 0 Å². The van der Waals surface area contributed by atoms with Gasteiger partial charge in [-0.1, -0.05) is 165 Å². The van der Waals surface area contributed by atoms with Gasteiger partial charge in [0.25, 0.3) is 0 Å². The van der Waals surface area contributed by atoms with E-state index in [-0.39, 0.29) is 21.2 Å². The van der Waals surface area contributed by atoms with Crippen LogP contribution in [0.3, 0.4) is 0 Å². The lowest BCUT2D eigenvalue weighted by atomic mass is 10.0.